The van der Waals surface area contributed by atoms with Gasteiger partial charge >= 0.3 is 0 Å². The molecule has 108 valence electrons. The number of nitrogens with one attached hydrogen (secondary N) is 1. The van der Waals surface area contributed by atoms with E-state index in [0.29, 0.717) is 11.3 Å². The second-order valence-corrected chi connectivity index (χ2v) is 6.49. The van der Waals surface area contributed by atoms with Gasteiger partial charge in [-0.2, -0.15) is 0 Å². The van der Waals surface area contributed by atoms with Gasteiger partial charge in [0, 0.05) is 19.5 Å². The summed E-state index contributed by atoms with van der Waals surface area (Å²) in [7, 11) is 1.95. The summed E-state index contributed by atoms with van der Waals surface area (Å²) in [5, 5.41) is 3.39. The van der Waals surface area contributed by atoms with Crippen molar-refractivity contribution in [1.82, 2.24) is 10.2 Å². The average molecular weight is 272 g/mol. The number of amides is 1. The van der Waals surface area contributed by atoms with Crippen LogP contribution in [0.5, 0.6) is 0 Å². The quantitative estimate of drug-likeness (QED) is 0.916. The summed E-state index contributed by atoms with van der Waals surface area (Å²) in [6.07, 6.45) is 3.44. The van der Waals surface area contributed by atoms with Crippen LogP contribution >= 0.6 is 0 Å². The fraction of sp³-hybridized carbons (Fsp3) is 0.588. The van der Waals surface area contributed by atoms with Gasteiger partial charge in [0.15, 0.2) is 0 Å². The van der Waals surface area contributed by atoms with Gasteiger partial charge in [0.25, 0.3) is 0 Å². The molecule has 1 aromatic rings. The van der Waals surface area contributed by atoms with Gasteiger partial charge in [-0.25, -0.2) is 0 Å². The number of hydrogen-bond donors (Lipinski definition) is 1. The molecule has 2 aliphatic rings. The van der Waals surface area contributed by atoms with Crippen molar-refractivity contribution in [3.05, 3.63) is 35.4 Å². The zero-order valence-corrected chi connectivity index (χ0v) is 12.5. The molecule has 0 radical (unpaired) electrons. The molecule has 1 spiro atoms. The number of rotatable bonds is 3. The van der Waals surface area contributed by atoms with Crippen LogP contribution in [0.4, 0.5) is 0 Å². The Morgan fingerprint density at radius 3 is 2.75 bits per heavy atom. The molecule has 1 N–H and O–H groups in total. The molecule has 1 unspecified atom stereocenters. The Labute approximate surface area is 121 Å². The van der Waals surface area contributed by atoms with Crippen LogP contribution in [0.3, 0.4) is 0 Å². The highest BCUT2D eigenvalue weighted by atomic mass is 16.2. The minimum Gasteiger partial charge on any atom is -0.341 e. The van der Waals surface area contributed by atoms with Crippen LogP contribution in [0.15, 0.2) is 24.3 Å². The molecule has 1 saturated carbocycles. The van der Waals surface area contributed by atoms with Crippen LogP contribution in [-0.4, -0.2) is 30.9 Å². The van der Waals surface area contributed by atoms with Crippen molar-refractivity contribution >= 4 is 5.91 Å². The first-order chi connectivity index (χ1) is 9.62. The Bertz CT molecular complexity index is 505. The maximum absolute atomic E-state index is 12.6. The van der Waals surface area contributed by atoms with E-state index >= 15 is 0 Å². The van der Waals surface area contributed by atoms with Gasteiger partial charge in [0.1, 0.15) is 0 Å². The molecular weight excluding hydrogens is 248 g/mol. The molecule has 3 rings (SSSR count). The molecule has 1 amide bonds. The number of hydrogen-bond acceptors (Lipinski definition) is 2. The number of nitrogens with zero attached hydrogens (tertiary/aromatic N) is 1. The molecular formula is C17H24N2O. The lowest BCUT2D eigenvalue weighted by Crippen LogP contribution is -2.34. The molecule has 3 nitrogen and oxygen atoms in total. The normalized spacial score (nSPS) is 23.6. The molecule has 1 heterocycles. The van der Waals surface area contributed by atoms with E-state index in [2.05, 4.69) is 24.4 Å². The Morgan fingerprint density at radius 2 is 2.05 bits per heavy atom. The van der Waals surface area contributed by atoms with Gasteiger partial charge in [0.2, 0.25) is 5.91 Å². The van der Waals surface area contributed by atoms with Crippen molar-refractivity contribution in [2.75, 3.05) is 20.1 Å². The SMILES string of the molecule is Cc1ccccc1CN(C)C(=O)C1CC12CCNCC2. The van der Waals surface area contributed by atoms with Crippen LogP contribution in [-0.2, 0) is 11.3 Å². The molecule has 20 heavy (non-hydrogen) atoms. The molecule has 1 atom stereocenters. The first-order valence-electron chi connectivity index (χ1n) is 7.63. The fourth-order valence-electron chi connectivity index (χ4n) is 3.56. The fourth-order valence-corrected chi connectivity index (χ4v) is 3.56. The maximum atomic E-state index is 12.6. The molecule has 3 heteroatoms. The van der Waals surface area contributed by atoms with Crippen molar-refractivity contribution in [3.63, 3.8) is 0 Å². The van der Waals surface area contributed by atoms with Gasteiger partial charge in [-0.05, 0) is 55.8 Å². The van der Waals surface area contributed by atoms with Gasteiger partial charge in [0.05, 0.1) is 0 Å². The lowest BCUT2D eigenvalue weighted by atomic mass is 9.91. The molecule has 0 bridgehead atoms. The van der Waals surface area contributed by atoms with Crippen molar-refractivity contribution in [2.45, 2.75) is 32.7 Å². The predicted octanol–water partition coefficient (Wildman–Crippen LogP) is 2.34. The summed E-state index contributed by atoms with van der Waals surface area (Å²) in [5.74, 6) is 0.619. The van der Waals surface area contributed by atoms with E-state index in [9.17, 15) is 4.79 Å². The monoisotopic (exact) mass is 272 g/mol. The molecule has 1 aliphatic carbocycles. The van der Waals surface area contributed by atoms with E-state index in [-0.39, 0.29) is 5.92 Å². The van der Waals surface area contributed by atoms with Gasteiger partial charge in [-0.15, -0.1) is 0 Å². The lowest BCUT2D eigenvalue weighted by Gasteiger charge is -2.25. The number of benzene rings is 1. The Kier molecular flexibility index (Phi) is 3.55. The summed E-state index contributed by atoms with van der Waals surface area (Å²) >= 11 is 0. The zero-order valence-electron chi connectivity index (χ0n) is 12.5. The molecule has 1 aromatic carbocycles. The predicted molar refractivity (Wildman–Crippen MR) is 80.3 cm³/mol. The number of piperidine rings is 1. The third-order valence-corrected chi connectivity index (χ3v) is 5.13. The molecule has 0 aromatic heterocycles. The van der Waals surface area contributed by atoms with Crippen LogP contribution in [0, 0.1) is 18.3 Å². The summed E-state index contributed by atoms with van der Waals surface area (Å²) in [6.45, 7) is 4.99. The van der Waals surface area contributed by atoms with Gasteiger partial charge in [-0.1, -0.05) is 24.3 Å². The van der Waals surface area contributed by atoms with Crippen LogP contribution < -0.4 is 5.32 Å². The number of aryl methyl sites for hydroxylation is 1. The summed E-state index contributed by atoms with van der Waals surface area (Å²) < 4.78 is 0. The van der Waals surface area contributed by atoms with Crippen LogP contribution in [0.1, 0.15) is 30.4 Å². The Hall–Kier alpha value is -1.35. The maximum Gasteiger partial charge on any atom is 0.226 e. The highest BCUT2D eigenvalue weighted by molar-refractivity contribution is 5.82. The van der Waals surface area contributed by atoms with E-state index in [1.165, 1.54) is 24.0 Å². The van der Waals surface area contributed by atoms with E-state index < -0.39 is 0 Å². The second-order valence-electron chi connectivity index (χ2n) is 6.49. The van der Waals surface area contributed by atoms with Crippen LogP contribution in [0.25, 0.3) is 0 Å². The second kappa shape index (κ2) is 5.21. The van der Waals surface area contributed by atoms with E-state index in [1.807, 2.05) is 24.1 Å². The van der Waals surface area contributed by atoms with Crippen molar-refractivity contribution in [2.24, 2.45) is 11.3 Å². The summed E-state index contributed by atoms with van der Waals surface area (Å²) in [5.41, 5.74) is 2.85. The summed E-state index contributed by atoms with van der Waals surface area (Å²) in [4.78, 5) is 14.5. The van der Waals surface area contributed by atoms with E-state index in [0.717, 1.165) is 26.1 Å². The van der Waals surface area contributed by atoms with Crippen LogP contribution in [0.2, 0.25) is 0 Å². The Morgan fingerprint density at radius 1 is 1.35 bits per heavy atom. The average Bonchev–Trinajstić information content (AvgIpc) is 3.14. The highest BCUT2D eigenvalue weighted by Crippen LogP contribution is 2.59. The largest absolute Gasteiger partial charge is 0.341 e. The number of carbonyl (C=O) groups excluding carboxylic acids is 1. The molecule has 2 fully saturated rings. The lowest BCUT2D eigenvalue weighted by molar-refractivity contribution is -0.132. The third-order valence-electron chi connectivity index (χ3n) is 5.13. The van der Waals surface area contributed by atoms with Crippen molar-refractivity contribution < 1.29 is 4.79 Å². The van der Waals surface area contributed by atoms with Gasteiger partial charge in [-0.3, -0.25) is 4.79 Å². The molecule has 1 aliphatic heterocycles. The number of carbonyl (C=O) groups is 1. The first-order valence-corrected chi connectivity index (χ1v) is 7.63. The minimum absolute atomic E-state index is 0.276. The van der Waals surface area contributed by atoms with Gasteiger partial charge < -0.3 is 10.2 Å². The van der Waals surface area contributed by atoms with E-state index in [4.69, 9.17) is 0 Å². The summed E-state index contributed by atoms with van der Waals surface area (Å²) in [6, 6.07) is 8.32. The molecule has 1 saturated heterocycles. The first kappa shape index (κ1) is 13.6. The van der Waals surface area contributed by atoms with Crippen molar-refractivity contribution in [1.29, 1.82) is 0 Å². The smallest absolute Gasteiger partial charge is 0.226 e. The van der Waals surface area contributed by atoms with Crippen molar-refractivity contribution in [3.8, 4) is 0 Å². The highest BCUT2D eigenvalue weighted by Gasteiger charge is 2.58. The van der Waals surface area contributed by atoms with E-state index in [1.54, 1.807) is 0 Å². The standard InChI is InChI=1S/C17H24N2O/c1-13-5-3-4-6-14(13)12-19(2)16(20)15-11-17(15)7-9-18-10-8-17/h3-6,15,18H,7-12H2,1-2H3. The Balaban J connectivity index is 1.62. The topological polar surface area (TPSA) is 32.3 Å². The third kappa shape index (κ3) is 2.47. The zero-order chi connectivity index (χ0) is 14.2. The minimum atomic E-state index is 0.276.